The molecule has 110 valence electrons. The summed E-state index contributed by atoms with van der Waals surface area (Å²) in [6, 6.07) is 14.8. The molecule has 0 amide bonds. The monoisotopic (exact) mass is 340 g/mol. The fraction of sp³-hybridized carbons (Fsp3) is 0. The second-order valence-electron chi connectivity index (χ2n) is 3.58. The van der Waals surface area contributed by atoms with Gasteiger partial charge in [0.05, 0.1) is 9.79 Å². The van der Waals surface area contributed by atoms with Gasteiger partial charge in [-0.1, -0.05) is 36.4 Å². The van der Waals surface area contributed by atoms with Gasteiger partial charge in [-0.15, -0.1) is 0 Å². The van der Waals surface area contributed by atoms with Crippen LogP contribution in [0.2, 0.25) is 0 Å². The van der Waals surface area contributed by atoms with Gasteiger partial charge in [0.1, 0.15) is 0 Å². The molecule has 2 N–H and O–H groups in total. The molecule has 0 aliphatic heterocycles. The van der Waals surface area contributed by atoms with E-state index in [1.165, 1.54) is 24.3 Å². The molecule has 0 spiro atoms. The predicted molar refractivity (Wildman–Crippen MR) is 79.7 cm³/mol. The van der Waals surface area contributed by atoms with Crippen molar-refractivity contribution in [3.8, 4) is 0 Å². The molecule has 0 unspecified atom stereocenters. The Hall–Kier alpha value is -0.740. The Bertz CT molecular complexity index is 675. The summed E-state index contributed by atoms with van der Waals surface area (Å²) in [6.07, 6.45) is 0. The average molecular weight is 340 g/mol. The molecule has 0 aliphatic rings. The maximum atomic E-state index is 10.4. The van der Waals surface area contributed by atoms with Gasteiger partial charge in [-0.05, 0) is 24.3 Å². The van der Waals surface area contributed by atoms with Gasteiger partial charge >= 0.3 is 29.6 Å². The van der Waals surface area contributed by atoms with E-state index in [9.17, 15) is 16.8 Å². The van der Waals surface area contributed by atoms with Crippen LogP contribution in [0.1, 0.15) is 0 Å². The van der Waals surface area contributed by atoms with Crippen molar-refractivity contribution in [1.82, 2.24) is 0 Å². The second kappa shape index (κ2) is 8.64. The molecular weight excluding hydrogens is 327 g/mol. The minimum atomic E-state index is -4.00. The molecule has 0 fully saturated rings. The SMILES string of the molecule is O=S(=O)(O)c1ccccc1.O=S(=O)(O)c1ccccc1.[NaH]. The van der Waals surface area contributed by atoms with E-state index in [2.05, 4.69) is 0 Å². The summed E-state index contributed by atoms with van der Waals surface area (Å²) in [5.74, 6) is 0. The number of hydrogen-bond donors (Lipinski definition) is 2. The van der Waals surface area contributed by atoms with Crippen molar-refractivity contribution in [2.45, 2.75) is 9.79 Å². The van der Waals surface area contributed by atoms with Gasteiger partial charge in [-0.3, -0.25) is 9.11 Å². The third-order valence-corrected chi connectivity index (χ3v) is 3.82. The summed E-state index contributed by atoms with van der Waals surface area (Å²) >= 11 is 0. The molecular formula is C12H13NaO6S2. The number of benzene rings is 2. The first kappa shape index (κ1) is 20.3. The molecule has 0 radical (unpaired) electrons. The van der Waals surface area contributed by atoms with E-state index in [1.54, 1.807) is 36.4 Å². The van der Waals surface area contributed by atoms with Crippen LogP contribution >= 0.6 is 0 Å². The molecule has 21 heavy (non-hydrogen) atoms. The van der Waals surface area contributed by atoms with Crippen molar-refractivity contribution >= 4 is 49.8 Å². The molecule has 2 rings (SSSR count). The van der Waals surface area contributed by atoms with Crippen LogP contribution < -0.4 is 0 Å². The van der Waals surface area contributed by atoms with E-state index in [-0.39, 0.29) is 39.3 Å². The van der Waals surface area contributed by atoms with Gasteiger partial charge in [-0.2, -0.15) is 16.8 Å². The van der Waals surface area contributed by atoms with Crippen LogP contribution in [0.25, 0.3) is 0 Å². The average Bonchev–Trinajstić information content (AvgIpc) is 2.40. The van der Waals surface area contributed by atoms with E-state index < -0.39 is 20.2 Å². The van der Waals surface area contributed by atoms with Crippen LogP contribution in [0.5, 0.6) is 0 Å². The fourth-order valence-electron chi connectivity index (χ4n) is 1.18. The molecule has 0 heterocycles. The molecule has 0 atom stereocenters. The normalized spacial score (nSPS) is 10.8. The molecule has 0 bridgehead atoms. The zero-order chi connectivity index (χ0) is 15.2. The fourth-order valence-corrected chi connectivity index (χ4v) is 2.19. The third kappa shape index (κ3) is 7.72. The molecule has 2 aromatic carbocycles. The van der Waals surface area contributed by atoms with Crippen LogP contribution in [-0.4, -0.2) is 55.5 Å². The summed E-state index contributed by atoms with van der Waals surface area (Å²) in [7, 11) is -8.01. The Morgan fingerprint density at radius 3 is 0.952 bits per heavy atom. The summed E-state index contributed by atoms with van der Waals surface area (Å²) < 4.78 is 58.5. The van der Waals surface area contributed by atoms with Gasteiger partial charge in [0.2, 0.25) is 0 Å². The van der Waals surface area contributed by atoms with Crippen molar-refractivity contribution in [3.63, 3.8) is 0 Å². The molecule has 0 saturated heterocycles. The van der Waals surface area contributed by atoms with E-state index in [1.807, 2.05) is 0 Å². The van der Waals surface area contributed by atoms with Gasteiger partial charge in [-0.25, -0.2) is 0 Å². The topological polar surface area (TPSA) is 109 Å². The first-order chi connectivity index (χ1) is 9.21. The number of rotatable bonds is 2. The standard InChI is InChI=1S/2C6H6O3S.Na.H/c2*7-10(8,9)6-4-2-1-3-5-6;;/h2*1-5H,(H,7,8,9);;. The zero-order valence-electron chi connectivity index (χ0n) is 10.1. The molecule has 6 nitrogen and oxygen atoms in total. The quantitative estimate of drug-likeness (QED) is 0.628. The summed E-state index contributed by atoms with van der Waals surface area (Å²) in [6.45, 7) is 0. The second-order valence-corrected chi connectivity index (χ2v) is 6.42. The van der Waals surface area contributed by atoms with E-state index in [0.717, 1.165) is 0 Å². The van der Waals surface area contributed by atoms with Crippen LogP contribution in [0, 0.1) is 0 Å². The molecule has 0 aliphatic carbocycles. The van der Waals surface area contributed by atoms with E-state index >= 15 is 0 Å². The first-order valence-corrected chi connectivity index (χ1v) is 8.14. The van der Waals surface area contributed by atoms with Crippen molar-refractivity contribution < 1.29 is 25.9 Å². The van der Waals surface area contributed by atoms with Crippen molar-refractivity contribution in [1.29, 1.82) is 0 Å². The van der Waals surface area contributed by atoms with Crippen LogP contribution in [0.4, 0.5) is 0 Å². The van der Waals surface area contributed by atoms with E-state index in [4.69, 9.17) is 9.11 Å². The summed E-state index contributed by atoms with van der Waals surface area (Å²) in [5, 5.41) is 0. The molecule has 2 aromatic rings. The Morgan fingerprint density at radius 1 is 0.571 bits per heavy atom. The first-order valence-electron chi connectivity index (χ1n) is 5.26. The van der Waals surface area contributed by atoms with Crippen molar-refractivity contribution in [2.24, 2.45) is 0 Å². The van der Waals surface area contributed by atoms with Crippen molar-refractivity contribution in [2.75, 3.05) is 0 Å². The van der Waals surface area contributed by atoms with Crippen LogP contribution in [0.3, 0.4) is 0 Å². The molecule has 9 heteroatoms. The molecule has 0 saturated carbocycles. The van der Waals surface area contributed by atoms with E-state index in [0.29, 0.717) is 0 Å². The van der Waals surface area contributed by atoms with Crippen molar-refractivity contribution in [3.05, 3.63) is 60.7 Å². The maximum absolute atomic E-state index is 10.4. The van der Waals surface area contributed by atoms with Gasteiger partial charge in [0.25, 0.3) is 20.2 Å². The van der Waals surface area contributed by atoms with Gasteiger partial charge < -0.3 is 0 Å². The van der Waals surface area contributed by atoms with Gasteiger partial charge in [0, 0.05) is 0 Å². The zero-order valence-corrected chi connectivity index (χ0v) is 11.8. The number of hydrogen-bond acceptors (Lipinski definition) is 4. The third-order valence-electron chi connectivity index (χ3n) is 2.08. The Balaban J connectivity index is 0.000000364. The minimum absolute atomic E-state index is 0. The Labute approximate surface area is 145 Å². The predicted octanol–water partition coefficient (Wildman–Crippen LogP) is 1.22. The summed E-state index contributed by atoms with van der Waals surface area (Å²) in [5.41, 5.74) is 0. The summed E-state index contributed by atoms with van der Waals surface area (Å²) in [4.78, 5) is -0.148. The Kier molecular flexibility index (Phi) is 8.34. The van der Waals surface area contributed by atoms with Crippen LogP contribution in [-0.2, 0) is 20.2 Å². The molecule has 0 aromatic heterocycles. The van der Waals surface area contributed by atoms with Gasteiger partial charge in [0.15, 0.2) is 0 Å². The van der Waals surface area contributed by atoms with Crippen LogP contribution in [0.15, 0.2) is 70.5 Å². The Morgan fingerprint density at radius 2 is 0.810 bits per heavy atom.